The van der Waals surface area contributed by atoms with Crippen LogP contribution in [-0.4, -0.2) is 38.8 Å². The fraction of sp³-hybridized carbons (Fsp3) is 0.619. The molecule has 1 N–H and O–H groups in total. The van der Waals surface area contributed by atoms with Gasteiger partial charge in [0.25, 0.3) is 0 Å². The Morgan fingerprint density at radius 2 is 2.07 bits per heavy atom. The summed E-state index contributed by atoms with van der Waals surface area (Å²) in [5.41, 5.74) is 0. The van der Waals surface area contributed by atoms with Crippen molar-refractivity contribution in [3.05, 3.63) is 29.2 Å². The van der Waals surface area contributed by atoms with Crippen LogP contribution in [0.15, 0.2) is 18.5 Å². The van der Waals surface area contributed by atoms with E-state index in [1.807, 2.05) is 19.2 Å². The smallest absolute Gasteiger partial charge is 0.225 e. The standard InChI is InChI=1S/C21H29N5OS/c1-15-13-23-21(28-15)25-18-9-10-22-19(24-18)12-16-6-5-11-26(14-16)20(27)17-7-3-2-4-8-17/h9-10,13,16-17H,2-8,11-12,14H2,1H3,(H,22,23,24,25). The number of aromatic nitrogens is 3. The third-order valence-electron chi connectivity index (χ3n) is 5.82. The van der Waals surface area contributed by atoms with Gasteiger partial charge >= 0.3 is 0 Å². The molecule has 6 nitrogen and oxygen atoms in total. The number of nitrogens with zero attached hydrogens (tertiary/aromatic N) is 4. The molecular weight excluding hydrogens is 370 g/mol. The minimum Gasteiger partial charge on any atom is -0.342 e. The van der Waals surface area contributed by atoms with Gasteiger partial charge in [0.15, 0.2) is 5.13 Å². The highest BCUT2D eigenvalue weighted by molar-refractivity contribution is 7.15. The number of hydrogen-bond donors (Lipinski definition) is 1. The van der Waals surface area contributed by atoms with Crippen molar-refractivity contribution in [2.75, 3.05) is 18.4 Å². The summed E-state index contributed by atoms with van der Waals surface area (Å²) in [5.74, 6) is 2.72. The second-order valence-electron chi connectivity index (χ2n) is 8.09. The van der Waals surface area contributed by atoms with Crippen molar-refractivity contribution in [3.8, 4) is 0 Å². The van der Waals surface area contributed by atoms with E-state index in [4.69, 9.17) is 0 Å². The number of aryl methyl sites for hydroxylation is 1. The van der Waals surface area contributed by atoms with Gasteiger partial charge in [-0.15, -0.1) is 11.3 Å². The van der Waals surface area contributed by atoms with Gasteiger partial charge in [-0.2, -0.15) is 0 Å². The Morgan fingerprint density at radius 3 is 2.86 bits per heavy atom. The van der Waals surface area contributed by atoms with Crippen LogP contribution in [0, 0.1) is 18.8 Å². The first-order chi connectivity index (χ1) is 13.7. The molecule has 0 bridgehead atoms. The van der Waals surface area contributed by atoms with Crippen molar-refractivity contribution >= 4 is 28.2 Å². The number of rotatable bonds is 5. The van der Waals surface area contributed by atoms with E-state index >= 15 is 0 Å². The lowest BCUT2D eigenvalue weighted by Crippen LogP contribution is -2.44. The van der Waals surface area contributed by atoms with Crippen LogP contribution >= 0.6 is 11.3 Å². The molecule has 1 unspecified atom stereocenters. The van der Waals surface area contributed by atoms with E-state index in [1.165, 1.54) is 24.1 Å². The largest absolute Gasteiger partial charge is 0.342 e. The number of likely N-dealkylation sites (tertiary alicyclic amines) is 1. The molecule has 1 aliphatic heterocycles. The summed E-state index contributed by atoms with van der Waals surface area (Å²) < 4.78 is 0. The second kappa shape index (κ2) is 8.99. The Balaban J connectivity index is 1.35. The molecule has 3 heterocycles. The molecule has 2 fully saturated rings. The topological polar surface area (TPSA) is 71.0 Å². The Bertz CT molecular complexity index is 802. The number of piperidine rings is 1. The fourth-order valence-electron chi connectivity index (χ4n) is 4.39. The SMILES string of the molecule is Cc1cnc(Nc2ccnc(CC3CCCN(C(=O)C4CCCCC4)C3)n2)s1. The number of thiazole rings is 1. The summed E-state index contributed by atoms with van der Waals surface area (Å²) in [4.78, 5) is 29.6. The van der Waals surface area contributed by atoms with Gasteiger partial charge in [-0.3, -0.25) is 4.79 Å². The first-order valence-electron chi connectivity index (χ1n) is 10.5. The highest BCUT2D eigenvalue weighted by atomic mass is 32.1. The lowest BCUT2D eigenvalue weighted by molar-refractivity contribution is -0.138. The van der Waals surface area contributed by atoms with E-state index in [0.717, 1.165) is 62.0 Å². The number of amides is 1. The number of hydrogen-bond acceptors (Lipinski definition) is 6. The highest BCUT2D eigenvalue weighted by Crippen LogP contribution is 2.28. The number of carbonyl (C=O) groups excluding carboxylic acids is 1. The summed E-state index contributed by atoms with van der Waals surface area (Å²) >= 11 is 1.61. The normalized spacial score (nSPS) is 20.9. The van der Waals surface area contributed by atoms with Gasteiger partial charge in [0.2, 0.25) is 5.91 Å². The van der Waals surface area contributed by atoms with E-state index in [9.17, 15) is 4.79 Å². The Morgan fingerprint density at radius 1 is 1.21 bits per heavy atom. The van der Waals surface area contributed by atoms with Crippen molar-refractivity contribution in [2.45, 2.75) is 58.3 Å². The van der Waals surface area contributed by atoms with E-state index in [1.54, 1.807) is 17.5 Å². The van der Waals surface area contributed by atoms with Crippen LogP contribution in [0.4, 0.5) is 10.9 Å². The lowest BCUT2D eigenvalue weighted by Gasteiger charge is -2.35. The number of nitrogens with one attached hydrogen (secondary N) is 1. The van der Waals surface area contributed by atoms with E-state index in [-0.39, 0.29) is 5.92 Å². The molecule has 1 saturated heterocycles. The summed E-state index contributed by atoms with van der Waals surface area (Å²) in [7, 11) is 0. The maximum atomic E-state index is 12.9. The number of anilines is 2. The van der Waals surface area contributed by atoms with Crippen LogP contribution in [0.25, 0.3) is 0 Å². The van der Waals surface area contributed by atoms with Crippen molar-refractivity contribution in [1.82, 2.24) is 19.9 Å². The summed E-state index contributed by atoms with van der Waals surface area (Å²) in [6.45, 7) is 3.80. The third-order valence-corrected chi connectivity index (χ3v) is 6.65. The molecule has 28 heavy (non-hydrogen) atoms. The van der Waals surface area contributed by atoms with Crippen molar-refractivity contribution in [1.29, 1.82) is 0 Å². The molecular formula is C21H29N5OS. The van der Waals surface area contributed by atoms with E-state index in [0.29, 0.717) is 11.8 Å². The Hall–Kier alpha value is -2.02. The fourth-order valence-corrected chi connectivity index (χ4v) is 5.06. The predicted molar refractivity (Wildman–Crippen MR) is 112 cm³/mol. The Kier molecular flexibility index (Phi) is 6.20. The summed E-state index contributed by atoms with van der Waals surface area (Å²) in [6.07, 6.45) is 12.6. The summed E-state index contributed by atoms with van der Waals surface area (Å²) in [5, 5.41) is 4.12. The molecule has 1 amide bonds. The Labute approximate surface area is 170 Å². The molecule has 7 heteroatoms. The van der Waals surface area contributed by atoms with Gasteiger partial charge < -0.3 is 10.2 Å². The van der Waals surface area contributed by atoms with Crippen LogP contribution in [0.3, 0.4) is 0 Å². The van der Waals surface area contributed by atoms with Crippen LogP contribution in [-0.2, 0) is 11.2 Å². The lowest BCUT2D eigenvalue weighted by atomic mass is 9.87. The quantitative estimate of drug-likeness (QED) is 0.809. The van der Waals surface area contributed by atoms with Gasteiger partial charge in [0.1, 0.15) is 11.6 Å². The first kappa shape index (κ1) is 19.3. The van der Waals surface area contributed by atoms with Crippen LogP contribution in [0.1, 0.15) is 55.6 Å². The van der Waals surface area contributed by atoms with Crippen molar-refractivity contribution in [2.24, 2.45) is 11.8 Å². The minimum atomic E-state index is 0.262. The van der Waals surface area contributed by atoms with Gasteiger partial charge in [-0.25, -0.2) is 15.0 Å². The predicted octanol–water partition coefficient (Wildman–Crippen LogP) is 4.35. The maximum absolute atomic E-state index is 12.9. The monoisotopic (exact) mass is 399 g/mol. The molecule has 1 aliphatic carbocycles. The first-order valence-corrected chi connectivity index (χ1v) is 11.3. The van der Waals surface area contributed by atoms with Gasteiger partial charge in [0, 0.05) is 42.7 Å². The molecule has 150 valence electrons. The van der Waals surface area contributed by atoms with Gasteiger partial charge in [0.05, 0.1) is 0 Å². The van der Waals surface area contributed by atoms with Gasteiger partial charge in [-0.1, -0.05) is 19.3 Å². The zero-order chi connectivity index (χ0) is 19.3. The van der Waals surface area contributed by atoms with E-state index in [2.05, 4.69) is 25.2 Å². The number of carbonyl (C=O) groups is 1. The zero-order valence-corrected chi connectivity index (χ0v) is 17.4. The molecule has 0 spiro atoms. The van der Waals surface area contributed by atoms with Crippen LogP contribution in [0.2, 0.25) is 0 Å². The van der Waals surface area contributed by atoms with Crippen LogP contribution in [0.5, 0.6) is 0 Å². The molecule has 2 aliphatic rings. The molecule has 0 aromatic carbocycles. The molecule has 0 radical (unpaired) electrons. The average Bonchev–Trinajstić information content (AvgIpc) is 3.13. The molecule has 2 aromatic heterocycles. The minimum absolute atomic E-state index is 0.262. The molecule has 1 saturated carbocycles. The summed E-state index contributed by atoms with van der Waals surface area (Å²) in [6, 6.07) is 1.88. The maximum Gasteiger partial charge on any atom is 0.225 e. The second-order valence-corrected chi connectivity index (χ2v) is 9.33. The van der Waals surface area contributed by atoms with Crippen molar-refractivity contribution in [3.63, 3.8) is 0 Å². The zero-order valence-electron chi connectivity index (χ0n) is 16.6. The molecule has 4 rings (SSSR count). The highest BCUT2D eigenvalue weighted by Gasteiger charge is 2.30. The third kappa shape index (κ3) is 4.87. The molecule has 2 aromatic rings. The van der Waals surface area contributed by atoms with Crippen molar-refractivity contribution < 1.29 is 4.79 Å². The van der Waals surface area contributed by atoms with Gasteiger partial charge in [-0.05, 0) is 44.6 Å². The van der Waals surface area contributed by atoms with E-state index < -0.39 is 0 Å². The average molecular weight is 400 g/mol. The molecule has 1 atom stereocenters. The van der Waals surface area contributed by atoms with Crippen LogP contribution < -0.4 is 5.32 Å².